The highest BCUT2D eigenvalue weighted by molar-refractivity contribution is 5.96. The van der Waals surface area contributed by atoms with Gasteiger partial charge in [-0.25, -0.2) is 0 Å². The van der Waals surface area contributed by atoms with Crippen LogP contribution in [0.25, 0.3) is 0 Å². The number of carbonyl (C=O) groups excluding carboxylic acids is 2. The maximum atomic E-state index is 13.2. The molecule has 9 heteroatoms. The highest BCUT2D eigenvalue weighted by atomic mass is 16.6. The fourth-order valence-corrected chi connectivity index (χ4v) is 4.12. The average Bonchev–Trinajstić information content (AvgIpc) is 2.87. The van der Waals surface area contributed by atoms with Crippen molar-refractivity contribution in [3.05, 3.63) is 99.9 Å². The predicted octanol–water partition coefficient (Wildman–Crippen LogP) is 3.18. The number of hydrogen-bond donors (Lipinski definition) is 1. The number of carbonyl (C=O) groups is 2. The van der Waals surface area contributed by atoms with Gasteiger partial charge in [0.1, 0.15) is 5.69 Å². The highest BCUT2D eigenvalue weighted by Gasteiger charge is 2.26. The largest absolute Gasteiger partial charge is 0.362 e. The number of rotatable bonds is 6. The lowest BCUT2D eigenvalue weighted by atomic mass is 9.99. The van der Waals surface area contributed by atoms with Gasteiger partial charge in [-0.05, 0) is 35.4 Å². The topological polar surface area (TPSA) is 109 Å². The van der Waals surface area contributed by atoms with Crippen LogP contribution in [0.1, 0.15) is 34.5 Å². The van der Waals surface area contributed by atoms with E-state index in [9.17, 15) is 19.7 Å². The number of amides is 2. The number of aromatic nitrogens is 1. The molecule has 0 bridgehead atoms. The van der Waals surface area contributed by atoms with E-state index in [-0.39, 0.29) is 17.2 Å². The summed E-state index contributed by atoms with van der Waals surface area (Å²) in [6.45, 7) is 3.49. The van der Waals surface area contributed by atoms with Gasteiger partial charge < -0.3 is 15.1 Å². The molecule has 174 valence electrons. The van der Waals surface area contributed by atoms with Crippen molar-refractivity contribution in [2.75, 3.05) is 31.1 Å². The van der Waals surface area contributed by atoms with Crippen LogP contribution in [0.2, 0.25) is 0 Å². The zero-order valence-electron chi connectivity index (χ0n) is 18.8. The molecule has 1 aliphatic heterocycles. The van der Waals surface area contributed by atoms with Crippen LogP contribution in [0.3, 0.4) is 0 Å². The number of nitrogens with one attached hydrogen (secondary N) is 1. The van der Waals surface area contributed by atoms with Crippen molar-refractivity contribution in [3.63, 3.8) is 0 Å². The van der Waals surface area contributed by atoms with Crippen molar-refractivity contribution >= 4 is 23.2 Å². The maximum absolute atomic E-state index is 13.2. The summed E-state index contributed by atoms with van der Waals surface area (Å²) in [5.74, 6) is -0.426. The second kappa shape index (κ2) is 10.1. The molecule has 2 heterocycles. The van der Waals surface area contributed by atoms with E-state index in [0.29, 0.717) is 31.9 Å². The van der Waals surface area contributed by atoms with E-state index >= 15 is 0 Å². The molecule has 9 nitrogen and oxygen atoms in total. The van der Waals surface area contributed by atoms with Crippen molar-refractivity contribution in [2.45, 2.75) is 13.0 Å². The Morgan fingerprint density at radius 1 is 0.971 bits per heavy atom. The van der Waals surface area contributed by atoms with E-state index in [1.54, 1.807) is 29.4 Å². The Hall–Kier alpha value is -4.27. The molecular formula is C25H25N5O4. The normalized spacial score (nSPS) is 14.4. The number of nitro groups is 1. The van der Waals surface area contributed by atoms with Crippen LogP contribution in [0, 0.1) is 10.1 Å². The molecule has 3 aromatic rings. The Bertz CT molecular complexity index is 1140. The quantitative estimate of drug-likeness (QED) is 0.448. The maximum Gasteiger partial charge on any atom is 0.293 e. The number of piperazine rings is 1. The van der Waals surface area contributed by atoms with E-state index in [2.05, 4.69) is 10.3 Å². The van der Waals surface area contributed by atoms with Crippen LogP contribution in [-0.2, 0) is 4.79 Å². The molecule has 1 unspecified atom stereocenters. The molecular weight excluding hydrogens is 434 g/mol. The number of pyridine rings is 1. The third kappa shape index (κ3) is 5.03. The lowest BCUT2D eigenvalue weighted by Gasteiger charge is -2.35. The van der Waals surface area contributed by atoms with E-state index in [1.165, 1.54) is 13.0 Å². The van der Waals surface area contributed by atoms with Gasteiger partial charge in [-0.15, -0.1) is 0 Å². The van der Waals surface area contributed by atoms with Crippen molar-refractivity contribution in [3.8, 4) is 0 Å². The summed E-state index contributed by atoms with van der Waals surface area (Å²) in [6, 6.07) is 17.2. The summed E-state index contributed by atoms with van der Waals surface area (Å²) in [7, 11) is 0. The van der Waals surface area contributed by atoms with Gasteiger partial charge in [0, 0.05) is 57.1 Å². The lowest BCUT2D eigenvalue weighted by molar-refractivity contribution is -0.384. The second-order valence-corrected chi connectivity index (χ2v) is 8.05. The lowest BCUT2D eigenvalue weighted by Crippen LogP contribution is -2.48. The summed E-state index contributed by atoms with van der Waals surface area (Å²) in [6.07, 6.45) is 3.31. The van der Waals surface area contributed by atoms with E-state index in [0.717, 1.165) is 11.1 Å². The molecule has 34 heavy (non-hydrogen) atoms. The van der Waals surface area contributed by atoms with Gasteiger partial charge >= 0.3 is 0 Å². The van der Waals surface area contributed by atoms with Gasteiger partial charge in [0.15, 0.2) is 0 Å². The number of nitrogens with zero attached hydrogens (tertiary/aromatic N) is 4. The third-order valence-electron chi connectivity index (χ3n) is 5.95. The van der Waals surface area contributed by atoms with Crippen LogP contribution >= 0.6 is 0 Å². The summed E-state index contributed by atoms with van der Waals surface area (Å²) in [5.41, 5.74) is 2.25. The van der Waals surface area contributed by atoms with E-state index in [1.807, 2.05) is 47.4 Å². The molecule has 2 aromatic carbocycles. The Kier molecular flexibility index (Phi) is 6.82. The van der Waals surface area contributed by atoms with Gasteiger partial charge in [0.2, 0.25) is 5.91 Å². The minimum atomic E-state index is -0.471. The van der Waals surface area contributed by atoms with Gasteiger partial charge in [-0.3, -0.25) is 24.7 Å². The SMILES string of the molecule is CC(=O)N1CCN(c2ccc(C(=O)NC(c3ccccc3)c3ccncc3)cc2[N+](=O)[O-])CC1. The third-order valence-corrected chi connectivity index (χ3v) is 5.95. The summed E-state index contributed by atoms with van der Waals surface area (Å²) >= 11 is 0. The Morgan fingerprint density at radius 2 is 1.62 bits per heavy atom. The standard InChI is InChI=1S/C25H25N5O4/c1-18(31)28-13-15-29(16-14-28)22-8-7-21(17-23(22)30(33)34)25(32)27-24(19-5-3-2-4-6-19)20-9-11-26-12-10-20/h2-12,17,24H,13-16H2,1H3,(H,27,32). The number of anilines is 1. The Morgan fingerprint density at radius 3 is 2.24 bits per heavy atom. The molecule has 1 aliphatic rings. The second-order valence-electron chi connectivity index (χ2n) is 8.05. The van der Waals surface area contributed by atoms with Crippen molar-refractivity contribution < 1.29 is 14.5 Å². The molecule has 0 saturated carbocycles. The molecule has 4 rings (SSSR count). The first-order chi connectivity index (χ1) is 16.4. The first-order valence-electron chi connectivity index (χ1n) is 11.0. The van der Waals surface area contributed by atoms with E-state index < -0.39 is 16.9 Å². The first kappa shape index (κ1) is 22.9. The zero-order chi connectivity index (χ0) is 24.1. The Labute approximate surface area is 197 Å². The molecule has 1 atom stereocenters. The highest BCUT2D eigenvalue weighted by Crippen LogP contribution is 2.31. The van der Waals surface area contributed by atoms with Gasteiger partial charge in [-0.2, -0.15) is 0 Å². The number of benzene rings is 2. The Balaban J connectivity index is 1.59. The first-order valence-corrected chi connectivity index (χ1v) is 11.0. The van der Waals surface area contributed by atoms with Crippen molar-refractivity contribution in [2.24, 2.45) is 0 Å². The van der Waals surface area contributed by atoms with Gasteiger partial charge in [0.05, 0.1) is 11.0 Å². The number of nitro benzene ring substituents is 1. The van der Waals surface area contributed by atoms with Crippen molar-refractivity contribution in [1.82, 2.24) is 15.2 Å². The molecule has 0 aliphatic carbocycles. The summed E-state index contributed by atoms with van der Waals surface area (Å²) < 4.78 is 0. The summed E-state index contributed by atoms with van der Waals surface area (Å²) in [5, 5.41) is 14.9. The molecule has 1 aromatic heterocycles. The molecule has 0 radical (unpaired) electrons. The van der Waals surface area contributed by atoms with Crippen LogP contribution in [-0.4, -0.2) is 52.8 Å². The van der Waals surface area contributed by atoms with Crippen LogP contribution in [0.5, 0.6) is 0 Å². The fraction of sp³-hybridized carbons (Fsp3) is 0.240. The minimum absolute atomic E-state index is 0.0108. The monoisotopic (exact) mass is 459 g/mol. The fourth-order valence-electron chi connectivity index (χ4n) is 4.12. The molecule has 0 spiro atoms. The molecule has 2 amide bonds. The van der Waals surface area contributed by atoms with Gasteiger partial charge in [-0.1, -0.05) is 30.3 Å². The minimum Gasteiger partial charge on any atom is -0.362 e. The van der Waals surface area contributed by atoms with Crippen LogP contribution in [0.4, 0.5) is 11.4 Å². The van der Waals surface area contributed by atoms with Gasteiger partial charge in [0.25, 0.3) is 11.6 Å². The summed E-state index contributed by atoms with van der Waals surface area (Å²) in [4.78, 5) is 43.8. The zero-order valence-corrected chi connectivity index (χ0v) is 18.8. The smallest absolute Gasteiger partial charge is 0.293 e. The van der Waals surface area contributed by atoms with Crippen molar-refractivity contribution in [1.29, 1.82) is 0 Å². The predicted molar refractivity (Wildman–Crippen MR) is 128 cm³/mol. The van der Waals surface area contributed by atoms with Crippen LogP contribution in [0.15, 0.2) is 73.1 Å². The van der Waals surface area contributed by atoms with Crippen LogP contribution < -0.4 is 10.2 Å². The number of hydrogen-bond acceptors (Lipinski definition) is 6. The molecule has 1 fully saturated rings. The van der Waals surface area contributed by atoms with E-state index in [4.69, 9.17) is 0 Å². The molecule has 1 saturated heterocycles. The molecule has 1 N–H and O–H groups in total. The average molecular weight is 460 g/mol.